The van der Waals surface area contributed by atoms with Crippen molar-refractivity contribution in [1.29, 1.82) is 0 Å². The molecule has 2 aromatic rings. The van der Waals surface area contributed by atoms with Gasteiger partial charge >= 0.3 is 0 Å². The smallest absolute Gasteiger partial charge is 0.247 e. The van der Waals surface area contributed by atoms with E-state index in [0.717, 1.165) is 27.5 Å². The molecule has 0 N–H and O–H groups in total. The van der Waals surface area contributed by atoms with Crippen molar-refractivity contribution < 1.29 is 13.2 Å². The Labute approximate surface area is 162 Å². The lowest BCUT2D eigenvalue weighted by molar-refractivity contribution is -0.117. The van der Waals surface area contributed by atoms with E-state index in [-0.39, 0.29) is 12.5 Å². The highest BCUT2D eigenvalue weighted by Gasteiger charge is 2.24. The Balaban J connectivity index is 2.31. The third kappa shape index (κ3) is 5.23. The van der Waals surface area contributed by atoms with Gasteiger partial charge in [0.25, 0.3) is 0 Å². The van der Waals surface area contributed by atoms with Gasteiger partial charge < -0.3 is 9.80 Å². The van der Waals surface area contributed by atoms with E-state index in [2.05, 4.69) is 0 Å². The van der Waals surface area contributed by atoms with Crippen molar-refractivity contribution in [2.75, 3.05) is 47.5 Å². The summed E-state index contributed by atoms with van der Waals surface area (Å²) in [5.41, 5.74) is 3.22. The van der Waals surface area contributed by atoms with Crippen molar-refractivity contribution in [1.82, 2.24) is 0 Å². The van der Waals surface area contributed by atoms with Crippen LogP contribution < -0.4 is 14.1 Å². The summed E-state index contributed by atoms with van der Waals surface area (Å²) in [5, 5.41) is 0. The molecule has 0 fully saturated rings. The van der Waals surface area contributed by atoms with E-state index < -0.39 is 10.0 Å². The molecule has 2 aromatic carbocycles. The molecule has 1 amide bonds. The number of carbonyl (C=O) groups is 1. The predicted molar refractivity (Wildman–Crippen MR) is 112 cm³/mol. The predicted octanol–water partition coefficient (Wildman–Crippen LogP) is 2.88. The van der Waals surface area contributed by atoms with Crippen molar-refractivity contribution in [2.45, 2.75) is 13.8 Å². The van der Waals surface area contributed by atoms with E-state index in [9.17, 15) is 13.2 Å². The van der Waals surface area contributed by atoms with E-state index in [1.165, 1.54) is 0 Å². The van der Waals surface area contributed by atoms with E-state index in [1.807, 2.05) is 69.2 Å². The van der Waals surface area contributed by atoms with Crippen molar-refractivity contribution in [3.63, 3.8) is 0 Å². The van der Waals surface area contributed by atoms with Crippen LogP contribution in [0.5, 0.6) is 0 Å². The second-order valence-electron chi connectivity index (χ2n) is 6.66. The summed E-state index contributed by atoms with van der Waals surface area (Å²) >= 11 is 0. The Kier molecular flexibility index (Phi) is 6.49. The van der Waals surface area contributed by atoms with Gasteiger partial charge in [0.15, 0.2) is 0 Å². The molecule has 6 nitrogen and oxygen atoms in total. The van der Waals surface area contributed by atoms with Crippen LogP contribution in [0.3, 0.4) is 0 Å². The standard InChI is InChI=1S/C20H27N3O3S/c1-6-22(19-9-7-8-16(2)14-19)20(24)15-23(27(5,25)26)18-12-10-17(11-13-18)21(3)4/h7-14H,6,15H2,1-5H3. The van der Waals surface area contributed by atoms with E-state index in [1.54, 1.807) is 17.0 Å². The largest absolute Gasteiger partial charge is 0.378 e. The van der Waals surface area contributed by atoms with Crippen LogP contribution in [0.2, 0.25) is 0 Å². The van der Waals surface area contributed by atoms with Crippen LogP contribution in [0.4, 0.5) is 17.1 Å². The lowest BCUT2D eigenvalue weighted by Gasteiger charge is -2.27. The molecule has 0 unspecified atom stereocenters. The normalized spacial score (nSPS) is 11.1. The van der Waals surface area contributed by atoms with Crippen LogP contribution >= 0.6 is 0 Å². The number of benzene rings is 2. The van der Waals surface area contributed by atoms with Crippen molar-refractivity contribution in [3.05, 3.63) is 54.1 Å². The molecular formula is C20H27N3O3S. The third-order valence-corrected chi connectivity index (χ3v) is 5.40. The molecule has 0 aliphatic carbocycles. The Morgan fingerprint density at radius 2 is 1.56 bits per heavy atom. The molecule has 7 heteroatoms. The molecular weight excluding hydrogens is 362 g/mol. The quantitative estimate of drug-likeness (QED) is 0.731. The fraction of sp³-hybridized carbons (Fsp3) is 0.350. The summed E-state index contributed by atoms with van der Waals surface area (Å²) in [6.45, 7) is 4.04. The molecule has 0 aliphatic heterocycles. The molecule has 0 spiro atoms. The minimum atomic E-state index is -3.61. The summed E-state index contributed by atoms with van der Waals surface area (Å²) in [4.78, 5) is 16.4. The topological polar surface area (TPSA) is 60.9 Å². The number of anilines is 3. The molecule has 0 radical (unpaired) electrons. The molecule has 0 aliphatic rings. The zero-order valence-electron chi connectivity index (χ0n) is 16.5. The fourth-order valence-corrected chi connectivity index (χ4v) is 3.67. The first-order valence-electron chi connectivity index (χ1n) is 8.75. The Bertz CT molecular complexity index is 893. The second kappa shape index (κ2) is 8.43. The number of hydrogen-bond acceptors (Lipinski definition) is 4. The van der Waals surface area contributed by atoms with Crippen molar-refractivity contribution in [3.8, 4) is 0 Å². The number of hydrogen-bond donors (Lipinski definition) is 0. The number of carbonyl (C=O) groups excluding carboxylic acids is 1. The lowest BCUT2D eigenvalue weighted by atomic mass is 10.2. The third-order valence-electron chi connectivity index (χ3n) is 4.26. The summed E-state index contributed by atoms with van der Waals surface area (Å²) in [6, 6.07) is 14.7. The number of likely N-dealkylation sites (N-methyl/N-ethyl adjacent to an activating group) is 1. The van der Waals surface area contributed by atoms with Gasteiger partial charge in [-0.2, -0.15) is 0 Å². The van der Waals surface area contributed by atoms with Gasteiger partial charge in [0.05, 0.1) is 11.9 Å². The maximum atomic E-state index is 12.9. The van der Waals surface area contributed by atoms with E-state index in [0.29, 0.717) is 12.2 Å². The molecule has 0 atom stereocenters. The average molecular weight is 390 g/mol. The van der Waals surface area contributed by atoms with Gasteiger partial charge in [0, 0.05) is 32.0 Å². The Morgan fingerprint density at radius 3 is 2.04 bits per heavy atom. The van der Waals surface area contributed by atoms with Crippen LogP contribution in [0, 0.1) is 6.92 Å². The van der Waals surface area contributed by atoms with Gasteiger partial charge in [-0.3, -0.25) is 9.10 Å². The monoisotopic (exact) mass is 389 g/mol. The molecule has 0 saturated heterocycles. The fourth-order valence-electron chi connectivity index (χ4n) is 2.82. The maximum absolute atomic E-state index is 12.9. The molecule has 2 rings (SSSR count). The first-order chi connectivity index (χ1) is 12.6. The maximum Gasteiger partial charge on any atom is 0.247 e. The number of amides is 1. The van der Waals surface area contributed by atoms with Crippen LogP contribution in [-0.2, 0) is 14.8 Å². The summed E-state index contributed by atoms with van der Waals surface area (Å²) in [5.74, 6) is -0.273. The zero-order chi connectivity index (χ0) is 20.2. The Hall–Kier alpha value is -2.54. The lowest BCUT2D eigenvalue weighted by Crippen LogP contribution is -2.42. The minimum Gasteiger partial charge on any atom is -0.378 e. The molecule has 0 bridgehead atoms. The van der Waals surface area contributed by atoms with Gasteiger partial charge in [-0.05, 0) is 55.8 Å². The molecule has 0 saturated carbocycles. The average Bonchev–Trinajstić information content (AvgIpc) is 2.59. The van der Waals surface area contributed by atoms with Gasteiger partial charge in [-0.25, -0.2) is 8.42 Å². The minimum absolute atomic E-state index is 0.248. The van der Waals surface area contributed by atoms with E-state index >= 15 is 0 Å². The molecule has 27 heavy (non-hydrogen) atoms. The number of aryl methyl sites for hydroxylation is 1. The van der Waals surface area contributed by atoms with Crippen LogP contribution in [-0.4, -0.2) is 47.8 Å². The van der Waals surface area contributed by atoms with Crippen molar-refractivity contribution >= 4 is 33.0 Å². The van der Waals surface area contributed by atoms with Gasteiger partial charge in [0.1, 0.15) is 6.54 Å². The van der Waals surface area contributed by atoms with Gasteiger partial charge in [-0.1, -0.05) is 12.1 Å². The summed E-state index contributed by atoms with van der Waals surface area (Å²) in [6.07, 6.45) is 1.11. The first kappa shape index (κ1) is 20.8. The molecule has 146 valence electrons. The highest BCUT2D eigenvalue weighted by molar-refractivity contribution is 7.92. The second-order valence-corrected chi connectivity index (χ2v) is 8.56. The summed E-state index contributed by atoms with van der Waals surface area (Å²) in [7, 11) is 0.215. The van der Waals surface area contributed by atoms with Crippen LogP contribution in [0.15, 0.2) is 48.5 Å². The van der Waals surface area contributed by atoms with Crippen molar-refractivity contribution in [2.24, 2.45) is 0 Å². The number of rotatable bonds is 7. The van der Waals surface area contributed by atoms with Gasteiger partial charge in [0.2, 0.25) is 15.9 Å². The van der Waals surface area contributed by atoms with Crippen LogP contribution in [0.1, 0.15) is 12.5 Å². The highest BCUT2D eigenvalue weighted by atomic mass is 32.2. The number of sulfonamides is 1. The van der Waals surface area contributed by atoms with Crippen LogP contribution in [0.25, 0.3) is 0 Å². The van der Waals surface area contributed by atoms with E-state index in [4.69, 9.17) is 0 Å². The Morgan fingerprint density at radius 1 is 0.963 bits per heavy atom. The molecule has 0 heterocycles. The summed E-state index contributed by atoms with van der Waals surface area (Å²) < 4.78 is 25.8. The van der Waals surface area contributed by atoms with Gasteiger partial charge in [-0.15, -0.1) is 0 Å². The molecule has 0 aromatic heterocycles. The first-order valence-corrected chi connectivity index (χ1v) is 10.6. The highest BCUT2D eigenvalue weighted by Crippen LogP contribution is 2.23. The SMILES string of the molecule is CCN(C(=O)CN(c1ccc(N(C)C)cc1)S(C)(=O)=O)c1cccc(C)c1. The number of nitrogens with zero attached hydrogens (tertiary/aromatic N) is 3. The zero-order valence-corrected chi connectivity index (χ0v) is 17.3.